The summed E-state index contributed by atoms with van der Waals surface area (Å²) in [6, 6.07) is 4.02. The minimum atomic E-state index is -4.43. The lowest BCUT2D eigenvalue weighted by atomic mass is 10.1. The first-order valence-corrected chi connectivity index (χ1v) is 6.14. The fraction of sp³-hybridized carbons (Fsp3) is 0.364. The SMILES string of the molecule is O=C1CCCN1c1ccc(I)cc1C(F)(F)F. The van der Waals surface area contributed by atoms with E-state index in [0.717, 1.165) is 6.07 Å². The molecule has 1 heterocycles. The molecule has 1 fully saturated rings. The number of anilines is 1. The van der Waals surface area contributed by atoms with Crippen molar-refractivity contribution >= 4 is 34.2 Å². The predicted octanol–water partition coefficient (Wildman–Crippen LogP) is 3.44. The van der Waals surface area contributed by atoms with Gasteiger partial charge in [-0.2, -0.15) is 13.2 Å². The summed E-state index contributed by atoms with van der Waals surface area (Å²) in [6.07, 6.45) is -3.50. The van der Waals surface area contributed by atoms with Gasteiger partial charge < -0.3 is 4.90 Å². The summed E-state index contributed by atoms with van der Waals surface area (Å²) in [6.45, 7) is 0.364. The number of alkyl halides is 3. The number of carbonyl (C=O) groups excluding carboxylic acids is 1. The predicted molar refractivity (Wildman–Crippen MR) is 65.7 cm³/mol. The average molecular weight is 355 g/mol. The van der Waals surface area contributed by atoms with Gasteiger partial charge >= 0.3 is 6.18 Å². The minimum absolute atomic E-state index is 0.0274. The zero-order valence-electron chi connectivity index (χ0n) is 8.72. The highest BCUT2D eigenvalue weighted by atomic mass is 127. The summed E-state index contributed by atoms with van der Waals surface area (Å²) in [5, 5.41) is 0. The molecule has 0 spiro atoms. The van der Waals surface area contributed by atoms with Crippen molar-refractivity contribution in [1.82, 2.24) is 0 Å². The van der Waals surface area contributed by atoms with Gasteiger partial charge in [0, 0.05) is 16.5 Å². The molecule has 0 aliphatic carbocycles. The molecule has 1 saturated heterocycles. The standard InChI is InChI=1S/C11H9F3INO/c12-11(13,14)8-6-7(15)3-4-9(8)16-5-1-2-10(16)17/h3-4,6H,1-2,5H2. The lowest BCUT2D eigenvalue weighted by Gasteiger charge is -2.21. The molecule has 0 bridgehead atoms. The Morgan fingerprint density at radius 2 is 2.00 bits per heavy atom. The molecule has 1 aliphatic rings. The van der Waals surface area contributed by atoms with E-state index in [9.17, 15) is 18.0 Å². The van der Waals surface area contributed by atoms with Crippen molar-refractivity contribution in [1.29, 1.82) is 0 Å². The third-order valence-corrected chi connectivity index (χ3v) is 3.30. The van der Waals surface area contributed by atoms with Gasteiger partial charge in [-0.3, -0.25) is 4.79 Å². The van der Waals surface area contributed by atoms with Crippen LogP contribution in [0.15, 0.2) is 18.2 Å². The Balaban J connectivity index is 2.50. The fourth-order valence-electron chi connectivity index (χ4n) is 1.87. The number of nitrogens with zero attached hydrogens (tertiary/aromatic N) is 1. The second-order valence-corrected chi connectivity index (χ2v) is 5.05. The first-order chi connectivity index (χ1) is 7.89. The lowest BCUT2D eigenvalue weighted by Crippen LogP contribution is -2.26. The van der Waals surface area contributed by atoms with Crippen molar-refractivity contribution < 1.29 is 18.0 Å². The van der Waals surface area contributed by atoms with Crippen molar-refractivity contribution in [3.8, 4) is 0 Å². The smallest absolute Gasteiger partial charge is 0.312 e. The minimum Gasteiger partial charge on any atom is -0.312 e. The van der Waals surface area contributed by atoms with E-state index in [1.54, 1.807) is 6.07 Å². The van der Waals surface area contributed by atoms with E-state index in [1.807, 2.05) is 22.6 Å². The van der Waals surface area contributed by atoms with Crippen LogP contribution in [0, 0.1) is 3.57 Å². The van der Waals surface area contributed by atoms with Crippen LogP contribution in [0.4, 0.5) is 18.9 Å². The third kappa shape index (κ3) is 2.56. The zero-order chi connectivity index (χ0) is 12.6. The third-order valence-electron chi connectivity index (χ3n) is 2.63. The first kappa shape index (κ1) is 12.7. The monoisotopic (exact) mass is 355 g/mol. The average Bonchev–Trinajstić information content (AvgIpc) is 2.63. The van der Waals surface area contributed by atoms with Gasteiger partial charge in [0.05, 0.1) is 11.3 Å². The van der Waals surface area contributed by atoms with Crippen molar-refractivity contribution in [2.75, 3.05) is 11.4 Å². The van der Waals surface area contributed by atoms with Crippen molar-refractivity contribution in [3.05, 3.63) is 27.3 Å². The molecular weight excluding hydrogens is 346 g/mol. The molecule has 0 unspecified atom stereocenters. The Morgan fingerprint density at radius 3 is 2.53 bits per heavy atom. The van der Waals surface area contributed by atoms with Crippen LogP contribution in [0.2, 0.25) is 0 Å². The summed E-state index contributed by atoms with van der Waals surface area (Å²) in [5.41, 5.74) is -0.764. The molecular formula is C11H9F3INO. The van der Waals surface area contributed by atoms with Crippen molar-refractivity contribution in [2.45, 2.75) is 19.0 Å². The topological polar surface area (TPSA) is 20.3 Å². The Kier molecular flexibility index (Phi) is 3.33. The Labute approximate surface area is 110 Å². The van der Waals surface area contributed by atoms with E-state index in [-0.39, 0.29) is 11.6 Å². The quantitative estimate of drug-likeness (QED) is 0.707. The summed E-state index contributed by atoms with van der Waals surface area (Å²) in [5.74, 6) is -0.239. The van der Waals surface area contributed by atoms with Gasteiger partial charge in [-0.1, -0.05) is 0 Å². The van der Waals surface area contributed by atoms with E-state index >= 15 is 0 Å². The maximum atomic E-state index is 12.9. The summed E-state index contributed by atoms with van der Waals surface area (Å²) in [4.78, 5) is 12.7. The lowest BCUT2D eigenvalue weighted by molar-refractivity contribution is -0.137. The number of amides is 1. The van der Waals surface area contributed by atoms with Gasteiger partial charge in [-0.05, 0) is 47.2 Å². The fourth-order valence-corrected chi connectivity index (χ4v) is 2.36. The first-order valence-electron chi connectivity index (χ1n) is 5.07. The molecule has 2 nitrogen and oxygen atoms in total. The maximum absolute atomic E-state index is 12.9. The molecule has 1 amide bonds. The molecule has 1 aromatic rings. The van der Waals surface area contributed by atoms with Gasteiger partial charge in [0.15, 0.2) is 0 Å². The number of benzene rings is 1. The Morgan fingerprint density at radius 1 is 1.29 bits per heavy atom. The number of hydrogen-bond acceptors (Lipinski definition) is 1. The maximum Gasteiger partial charge on any atom is 0.418 e. The van der Waals surface area contributed by atoms with Crippen LogP contribution < -0.4 is 4.90 Å². The number of halogens is 4. The summed E-state index contributed by atoms with van der Waals surface area (Å²) < 4.78 is 39.1. The summed E-state index contributed by atoms with van der Waals surface area (Å²) in [7, 11) is 0. The van der Waals surface area contributed by atoms with E-state index in [4.69, 9.17) is 0 Å². The Hall–Kier alpha value is -0.790. The molecule has 92 valence electrons. The van der Waals surface area contributed by atoms with E-state index in [2.05, 4.69) is 0 Å². The van der Waals surface area contributed by atoms with Gasteiger partial charge in [-0.25, -0.2) is 0 Å². The van der Waals surface area contributed by atoms with Crippen molar-refractivity contribution in [2.24, 2.45) is 0 Å². The molecule has 1 aromatic carbocycles. The molecule has 17 heavy (non-hydrogen) atoms. The number of rotatable bonds is 1. The van der Waals surface area contributed by atoms with Crippen LogP contribution in [0.1, 0.15) is 18.4 Å². The van der Waals surface area contributed by atoms with Crippen LogP contribution in [-0.2, 0) is 11.0 Å². The molecule has 2 rings (SSSR count). The van der Waals surface area contributed by atoms with Crippen LogP contribution in [0.5, 0.6) is 0 Å². The van der Waals surface area contributed by atoms with Crippen molar-refractivity contribution in [3.63, 3.8) is 0 Å². The van der Waals surface area contributed by atoms with Crippen LogP contribution in [0.3, 0.4) is 0 Å². The number of carbonyl (C=O) groups is 1. The molecule has 0 atom stereocenters. The highest BCUT2D eigenvalue weighted by molar-refractivity contribution is 14.1. The van der Waals surface area contributed by atoms with Gasteiger partial charge in [0.1, 0.15) is 0 Å². The largest absolute Gasteiger partial charge is 0.418 e. The van der Waals surface area contributed by atoms with Crippen LogP contribution in [0.25, 0.3) is 0 Å². The molecule has 0 saturated carbocycles. The molecule has 0 N–H and O–H groups in total. The van der Waals surface area contributed by atoms with E-state index < -0.39 is 11.7 Å². The van der Waals surface area contributed by atoms with Gasteiger partial charge in [-0.15, -0.1) is 0 Å². The van der Waals surface area contributed by atoms with Crippen LogP contribution in [-0.4, -0.2) is 12.5 Å². The second kappa shape index (κ2) is 4.47. The molecule has 6 heteroatoms. The van der Waals surface area contributed by atoms with Crippen LogP contribution >= 0.6 is 22.6 Å². The van der Waals surface area contributed by atoms with E-state index in [1.165, 1.54) is 11.0 Å². The highest BCUT2D eigenvalue weighted by Gasteiger charge is 2.37. The normalized spacial score (nSPS) is 16.7. The Bertz CT molecular complexity index is 459. The zero-order valence-corrected chi connectivity index (χ0v) is 10.9. The second-order valence-electron chi connectivity index (χ2n) is 3.81. The van der Waals surface area contributed by atoms with Gasteiger partial charge in [0.2, 0.25) is 5.91 Å². The summed E-state index contributed by atoms with van der Waals surface area (Å²) >= 11 is 1.83. The highest BCUT2D eigenvalue weighted by Crippen LogP contribution is 2.38. The van der Waals surface area contributed by atoms with Gasteiger partial charge in [0.25, 0.3) is 0 Å². The number of hydrogen-bond donors (Lipinski definition) is 0. The molecule has 1 aliphatic heterocycles. The molecule has 0 aromatic heterocycles. The molecule has 0 radical (unpaired) electrons. The van der Waals surface area contributed by atoms with E-state index in [0.29, 0.717) is 23.0 Å².